The number of methoxy groups -OCH3 is 1. The van der Waals surface area contributed by atoms with Crippen molar-refractivity contribution in [2.45, 2.75) is 20.0 Å². The zero-order chi connectivity index (χ0) is 22.5. The van der Waals surface area contributed by atoms with E-state index in [4.69, 9.17) is 9.47 Å². The van der Waals surface area contributed by atoms with E-state index in [1.165, 1.54) is 0 Å². The van der Waals surface area contributed by atoms with E-state index < -0.39 is 0 Å². The minimum atomic E-state index is -0.295. The lowest BCUT2D eigenvalue weighted by Gasteiger charge is -2.17. The molecule has 0 saturated heterocycles. The van der Waals surface area contributed by atoms with Gasteiger partial charge in [0.15, 0.2) is 11.5 Å². The fourth-order valence-corrected chi connectivity index (χ4v) is 3.82. The molecule has 5 heteroatoms. The Morgan fingerprint density at radius 1 is 1.09 bits per heavy atom. The fraction of sp³-hybridized carbons (Fsp3) is 0.185. The standard InChI is InChI=1S/C27H24N2O3/c1-19-7-3-4-9-22(19)18-32-25-12-11-20(16-26(25)31-2)15-23(17-28)27(30)29-14-13-21-8-5-6-10-24(21)29/h3-12,15-16H,13-14,18H2,1-2H3. The van der Waals surface area contributed by atoms with Crippen molar-refractivity contribution in [3.8, 4) is 17.6 Å². The van der Waals surface area contributed by atoms with E-state index in [0.29, 0.717) is 30.2 Å². The smallest absolute Gasteiger partial charge is 0.268 e. The number of hydrogen-bond donors (Lipinski definition) is 0. The van der Waals surface area contributed by atoms with Gasteiger partial charge in [-0.15, -0.1) is 0 Å². The summed E-state index contributed by atoms with van der Waals surface area (Å²) in [4.78, 5) is 14.7. The number of nitrogens with zero attached hydrogens (tertiary/aromatic N) is 2. The Hall–Kier alpha value is -4.04. The lowest BCUT2D eigenvalue weighted by molar-refractivity contribution is -0.114. The van der Waals surface area contributed by atoms with Crippen LogP contribution < -0.4 is 14.4 Å². The minimum Gasteiger partial charge on any atom is -0.493 e. The first-order chi connectivity index (χ1) is 15.6. The van der Waals surface area contributed by atoms with Crippen molar-refractivity contribution in [2.75, 3.05) is 18.6 Å². The molecule has 0 aromatic heterocycles. The van der Waals surface area contributed by atoms with Crippen LogP contribution in [0.2, 0.25) is 0 Å². The summed E-state index contributed by atoms with van der Waals surface area (Å²) >= 11 is 0. The Morgan fingerprint density at radius 2 is 1.88 bits per heavy atom. The Balaban J connectivity index is 1.54. The van der Waals surface area contributed by atoms with E-state index in [1.807, 2.05) is 61.5 Å². The van der Waals surface area contributed by atoms with Gasteiger partial charge < -0.3 is 14.4 Å². The molecule has 0 radical (unpaired) electrons. The van der Waals surface area contributed by atoms with Crippen molar-refractivity contribution in [3.05, 3.63) is 94.6 Å². The van der Waals surface area contributed by atoms with Gasteiger partial charge in [-0.2, -0.15) is 5.26 Å². The van der Waals surface area contributed by atoms with Crippen LogP contribution in [-0.4, -0.2) is 19.6 Å². The second kappa shape index (κ2) is 9.40. The highest BCUT2D eigenvalue weighted by Gasteiger charge is 2.26. The molecule has 0 spiro atoms. The summed E-state index contributed by atoms with van der Waals surface area (Å²) in [5, 5.41) is 9.66. The van der Waals surface area contributed by atoms with Gasteiger partial charge in [-0.25, -0.2) is 0 Å². The number of fused-ring (bicyclic) bond motifs is 1. The van der Waals surface area contributed by atoms with Crippen LogP contribution in [0.4, 0.5) is 5.69 Å². The van der Waals surface area contributed by atoms with Crippen LogP contribution in [0, 0.1) is 18.3 Å². The Labute approximate surface area is 188 Å². The molecule has 0 bridgehead atoms. The van der Waals surface area contributed by atoms with Crippen LogP contribution in [0.5, 0.6) is 11.5 Å². The van der Waals surface area contributed by atoms with Crippen molar-refractivity contribution >= 4 is 17.7 Å². The van der Waals surface area contributed by atoms with E-state index in [2.05, 4.69) is 6.07 Å². The van der Waals surface area contributed by atoms with E-state index in [1.54, 1.807) is 30.2 Å². The van der Waals surface area contributed by atoms with E-state index in [-0.39, 0.29) is 11.5 Å². The summed E-state index contributed by atoms with van der Waals surface area (Å²) in [6.45, 7) is 3.05. The third kappa shape index (κ3) is 4.35. The van der Waals surface area contributed by atoms with Gasteiger partial charge in [-0.05, 0) is 59.9 Å². The fourth-order valence-electron chi connectivity index (χ4n) is 3.82. The molecule has 3 aromatic carbocycles. The molecule has 0 aliphatic carbocycles. The van der Waals surface area contributed by atoms with Gasteiger partial charge in [0.1, 0.15) is 18.2 Å². The zero-order valence-electron chi connectivity index (χ0n) is 18.2. The number of carbonyl (C=O) groups excluding carboxylic acids is 1. The largest absolute Gasteiger partial charge is 0.493 e. The molecule has 0 fully saturated rings. The van der Waals surface area contributed by atoms with E-state index in [9.17, 15) is 10.1 Å². The highest BCUT2D eigenvalue weighted by atomic mass is 16.5. The summed E-state index contributed by atoms with van der Waals surface area (Å²) in [7, 11) is 1.57. The van der Waals surface area contributed by atoms with Crippen molar-refractivity contribution in [2.24, 2.45) is 0 Å². The minimum absolute atomic E-state index is 0.0809. The van der Waals surface area contributed by atoms with Gasteiger partial charge in [-0.3, -0.25) is 4.79 Å². The SMILES string of the molecule is COc1cc(C=C(C#N)C(=O)N2CCc3ccccc32)ccc1OCc1ccccc1C. The molecule has 32 heavy (non-hydrogen) atoms. The molecule has 5 nitrogen and oxygen atoms in total. The summed E-state index contributed by atoms with van der Waals surface area (Å²) in [5.41, 5.74) is 5.03. The van der Waals surface area contributed by atoms with E-state index >= 15 is 0 Å². The zero-order valence-corrected chi connectivity index (χ0v) is 18.2. The second-order valence-corrected chi connectivity index (χ2v) is 7.63. The Bertz CT molecular complexity index is 1220. The summed E-state index contributed by atoms with van der Waals surface area (Å²) in [6, 6.07) is 23.3. The maximum Gasteiger partial charge on any atom is 0.268 e. The molecule has 3 aromatic rings. The van der Waals surface area contributed by atoms with Gasteiger partial charge in [0.2, 0.25) is 0 Å². The molecular formula is C27H24N2O3. The third-order valence-corrected chi connectivity index (χ3v) is 5.63. The van der Waals surface area contributed by atoms with Gasteiger partial charge in [-0.1, -0.05) is 48.5 Å². The predicted octanol–water partition coefficient (Wildman–Crippen LogP) is 5.08. The predicted molar refractivity (Wildman–Crippen MR) is 125 cm³/mol. The topological polar surface area (TPSA) is 62.6 Å². The van der Waals surface area contributed by atoms with Crippen LogP contribution in [0.1, 0.15) is 22.3 Å². The number of carbonyl (C=O) groups is 1. The van der Waals surface area contributed by atoms with Crippen molar-refractivity contribution in [1.82, 2.24) is 0 Å². The molecule has 0 atom stereocenters. The number of amides is 1. The van der Waals surface area contributed by atoms with Crippen LogP contribution >= 0.6 is 0 Å². The highest BCUT2D eigenvalue weighted by molar-refractivity contribution is 6.12. The first kappa shape index (κ1) is 21.2. The van der Waals surface area contributed by atoms with Crippen molar-refractivity contribution in [3.63, 3.8) is 0 Å². The van der Waals surface area contributed by atoms with Gasteiger partial charge in [0, 0.05) is 12.2 Å². The average Bonchev–Trinajstić information content (AvgIpc) is 3.26. The van der Waals surface area contributed by atoms with E-state index in [0.717, 1.165) is 28.8 Å². The van der Waals surface area contributed by atoms with Gasteiger partial charge in [0.25, 0.3) is 5.91 Å². The number of para-hydroxylation sites is 1. The van der Waals surface area contributed by atoms with Crippen molar-refractivity contribution in [1.29, 1.82) is 5.26 Å². The maximum absolute atomic E-state index is 13.0. The molecule has 0 saturated carbocycles. The monoisotopic (exact) mass is 424 g/mol. The number of nitriles is 1. The lowest BCUT2D eigenvalue weighted by Crippen LogP contribution is -2.29. The first-order valence-corrected chi connectivity index (χ1v) is 10.5. The number of anilines is 1. The Kier molecular flexibility index (Phi) is 6.23. The Morgan fingerprint density at radius 3 is 2.66 bits per heavy atom. The summed E-state index contributed by atoms with van der Waals surface area (Å²) < 4.78 is 11.5. The number of ether oxygens (including phenoxy) is 2. The number of aryl methyl sites for hydroxylation is 1. The van der Waals surface area contributed by atoms with Crippen LogP contribution in [0.15, 0.2) is 72.3 Å². The molecule has 160 valence electrons. The number of rotatable bonds is 6. The first-order valence-electron chi connectivity index (χ1n) is 10.5. The van der Waals surface area contributed by atoms with Crippen LogP contribution in [0.3, 0.4) is 0 Å². The van der Waals surface area contributed by atoms with Gasteiger partial charge in [0.05, 0.1) is 7.11 Å². The number of benzene rings is 3. The quantitative estimate of drug-likeness (QED) is 0.409. The number of hydrogen-bond acceptors (Lipinski definition) is 4. The molecule has 1 aliphatic heterocycles. The molecular weight excluding hydrogens is 400 g/mol. The average molecular weight is 425 g/mol. The maximum atomic E-state index is 13.0. The summed E-state index contributed by atoms with van der Waals surface area (Å²) in [5.74, 6) is 0.853. The van der Waals surface area contributed by atoms with Crippen molar-refractivity contribution < 1.29 is 14.3 Å². The lowest BCUT2D eigenvalue weighted by atomic mass is 10.1. The normalized spacial score (nSPS) is 12.8. The van der Waals surface area contributed by atoms with Gasteiger partial charge >= 0.3 is 0 Å². The molecule has 0 N–H and O–H groups in total. The molecule has 0 unspecified atom stereocenters. The highest BCUT2D eigenvalue weighted by Crippen LogP contribution is 2.31. The molecule has 1 heterocycles. The summed E-state index contributed by atoms with van der Waals surface area (Å²) in [6.07, 6.45) is 2.39. The van der Waals surface area contributed by atoms with Crippen LogP contribution in [-0.2, 0) is 17.8 Å². The third-order valence-electron chi connectivity index (χ3n) is 5.63. The second-order valence-electron chi connectivity index (χ2n) is 7.63. The van der Waals surface area contributed by atoms with Crippen LogP contribution in [0.25, 0.3) is 6.08 Å². The molecule has 1 amide bonds. The molecule has 4 rings (SSSR count). The molecule has 1 aliphatic rings.